The number of aliphatic hydroxyl groups excluding tert-OH is 8. The van der Waals surface area contributed by atoms with E-state index in [0.717, 1.165) is 70.6 Å². The summed E-state index contributed by atoms with van der Waals surface area (Å²) >= 11 is 0. The SMILES string of the molecule is CC/C=C\C/C=C\C/C=C\C/C=C\CCCCCCC(=O)NC(COC1OC(CO)C(OC2OC(CO)C(O)C(O)C2O)C(O)C1O)C(O)/C=C/CCCCCCCCCCCCCCCCCCCCCCCC. The predicted molar refractivity (Wildman–Crippen MR) is 300 cm³/mol. The van der Waals surface area contributed by atoms with Gasteiger partial charge in [0.25, 0.3) is 0 Å². The lowest BCUT2D eigenvalue weighted by Gasteiger charge is -2.46. The topological polar surface area (TPSA) is 228 Å². The molecule has 2 fully saturated rings. The molecule has 2 heterocycles. The van der Waals surface area contributed by atoms with Gasteiger partial charge in [-0.05, 0) is 57.8 Å². The maximum absolute atomic E-state index is 13.2. The molecule has 2 rings (SSSR count). The van der Waals surface area contributed by atoms with Crippen molar-refractivity contribution in [2.24, 2.45) is 0 Å². The first-order valence-electron chi connectivity index (χ1n) is 30.0. The van der Waals surface area contributed by atoms with Crippen LogP contribution in [-0.2, 0) is 23.7 Å². The fourth-order valence-electron chi connectivity index (χ4n) is 9.64. The molecule has 14 nitrogen and oxygen atoms in total. The minimum atomic E-state index is -1.79. The van der Waals surface area contributed by atoms with Crippen LogP contribution in [0.4, 0.5) is 0 Å². The van der Waals surface area contributed by atoms with Crippen molar-refractivity contribution in [3.8, 4) is 0 Å². The summed E-state index contributed by atoms with van der Waals surface area (Å²) in [6.45, 7) is 2.67. The Morgan fingerprint density at radius 3 is 1.41 bits per heavy atom. The van der Waals surface area contributed by atoms with Crippen LogP contribution in [0.5, 0.6) is 0 Å². The average molecular weight is 1060 g/mol. The molecule has 436 valence electrons. The molecule has 0 spiro atoms. The van der Waals surface area contributed by atoms with Crippen molar-refractivity contribution in [1.29, 1.82) is 0 Å². The molecular weight excluding hydrogens is 955 g/mol. The van der Waals surface area contributed by atoms with Crippen molar-refractivity contribution in [2.75, 3.05) is 19.8 Å². The summed E-state index contributed by atoms with van der Waals surface area (Å²) in [6.07, 6.45) is 42.6. The van der Waals surface area contributed by atoms with Crippen molar-refractivity contribution < 1.29 is 64.6 Å². The highest BCUT2D eigenvalue weighted by atomic mass is 16.7. The molecule has 0 aliphatic carbocycles. The van der Waals surface area contributed by atoms with Gasteiger partial charge in [0.05, 0.1) is 32.0 Å². The molecule has 75 heavy (non-hydrogen) atoms. The van der Waals surface area contributed by atoms with E-state index in [1.54, 1.807) is 6.08 Å². The number of amides is 1. The van der Waals surface area contributed by atoms with Gasteiger partial charge in [-0.25, -0.2) is 0 Å². The average Bonchev–Trinajstić information content (AvgIpc) is 3.41. The quantitative estimate of drug-likeness (QED) is 0.0204. The molecule has 2 saturated heterocycles. The Bertz CT molecular complexity index is 1490. The van der Waals surface area contributed by atoms with Crippen molar-refractivity contribution in [1.82, 2.24) is 5.32 Å². The molecule has 0 radical (unpaired) electrons. The van der Waals surface area contributed by atoms with Crippen molar-refractivity contribution in [3.63, 3.8) is 0 Å². The van der Waals surface area contributed by atoms with Gasteiger partial charge in [0.15, 0.2) is 12.6 Å². The molecule has 2 aliphatic heterocycles. The molecular formula is C61H109NO13. The van der Waals surface area contributed by atoms with E-state index in [0.29, 0.717) is 6.42 Å². The first kappa shape index (κ1) is 68.8. The van der Waals surface area contributed by atoms with Crippen LogP contribution in [0.1, 0.15) is 226 Å². The number of unbranched alkanes of at least 4 members (excludes halogenated alkanes) is 26. The molecule has 0 bridgehead atoms. The number of rotatable bonds is 47. The molecule has 0 aromatic rings. The third-order valence-corrected chi connectivity index (χ3v) is 14.5. The summed E-state index contributed by atoms with van der Waals surface area (Å²) in [7, 11) is 0. The van der Waals surface area contributed by atoms with Crippen LogP contribution >= 0.6 is 0 Å². The van der Waals surface area contributed by atoms with Crippen LogP contribution in [0.2, 0.25) is 0 Å². The van der Waals surface area contributed by atoms with Crippen LogP contribution < -0.4 is 5.32 Å². The van der Waals surface area contributed by atoms with Gasteiger partial charge in [-0.3, -0.25) is 4.79 Å². The predicted octanol–water partition coefficient (Wildman–Crippen LogP) is 10.2. The van der Waals surface area contributed by atoms with E-state index in [-0.39, 0.29) is 18.9 Å². The van der Waals surface area contributed by atoms with Crippen LogP contribution in [-0.4, -0.2) is 140 Å². The molecule has 14 heteroatoms. The number of ether oxygens (including phenoxy) is 4. The Balaban J connectivity index is 1.77. The van der Waals surface area contributed by atoms with Gasteiger partial charge in [-0.2, -0.15) is 0 Å². The first-order valence-corrected chi connectivity index (χ1v) is 30.0. The van der Waals surface area contributed by atoms with Crippen LogP contribution in [0.15, 0.2) is 60.8 Å². The molecule has 12 unspecified atom stereocenters. The normalized spacial score (nSPS) is 25.5. The lowest BCUT2D eigenvalue weighted by Crippen LogP contribution is -2.65. The number of allylic oxidation sites excluding steroid dienone is 9. The van der Waals surface area contributed by atoms with E-state index >= 15 is 0 Å². The second-order valence-electron chi connectivity index (χ2n) is 21.1. The Kier molecular flexibility index (Phi) is 42.7. The minimum absolute atomic E-state index is 0.251. The zero-order valence-electron chi connectivity index (χ0n) is 46.8. The standard InChI is InChI=1S/C61H109NO13/c1-3-5-7-9-11-13-15-17-19-21-22-23-24-25-26-27-29-30-32-34-36-38-40-42-44-50(65)49(62-53(66)45-43-41-39-37-35-33-31-28-20-18-16-14-12-10-8-6-4-2)48-72-60-58(71)56(69)59(52(47-64)74-60)75-61-57(70)55(68)54(67)51(46-63)73-61/h6,8,12,14,18,20,31,33,42,44,49-52,54-61,63-65,67-71H,3-5,7,9-11,13,15-17,19,21-30,32,34-41,43,45-48H2,1-2H3,(H,62,66)/b8-6-,14-12-,20-18-,33-31-,44-42+. The number of carbonyl (C=O) groups is 1. The van der Waals surface area contributed by atoms with E-state index in [2.05, 4.69) is 67.8 Å². The number of hydrogen-bond donors (Lipinski definition) is 9. The molecule has 0 aromatic carbocycles. The molecule has 0 aromatic heterocycles. The summed E-state index contributed by atoms with van der Waals surface area (Å²) in [4.78, 5) is 13.2. The molecule has 1 amide bonds. The summed E-state index contributed by atoms with van der Waals surface area (Å²) < 4.78 is 22.8. The van der Waals surface area contributed by atoms with Gasteiger partial charge in [-0.1, -0.05) is 222 Å². The van der Waals surface area contributed by atoms with Crippen LogP contribution in [0, 0.1) is 0 Å². The van der Waals surface area contributed by atoms with Crippen LogP contribution in [0.25, 0.3) is 0 Å². The highest BCUT2D eigenvalue weighted by molar-refractivity contribution is 5.76. The highest BCUT2D eigenvalue weighted by Gasteiger charge is 2.51. The number of hydrogen-bond acceptors (Lipinski definition) is 13. The summed E-state index contributed by atoms with van der Waals surface area (Å²) in [5, 5.41) is 87.1. The van der Waals surface area contributed by atoms with E-state index in [9.17, 15) is 45.6 Å². The van der Waals surface area contributed by atoms with Gasteiger partial charge in [0, 0.05) is 6.42 Å². The van der Waals surface area contributed by atoms with Gasteiger partial charge >= 0.3 is 0 Å². The third kappa shape index (κ3) is 32.4. The van der Waals surface area contributed by atoms with Gasteiger partial charge < -0.3 is 65.1 Å². The Morgan fingerprint density at radius 2 is 0.920 bits per heavy atom. The Hall–Kier alpha value is -2.31. The smallest absolute Gasteiger partial charge is 0.220 e. The Morgan fingerprint density at radius 1 is 0.493 bits per heavy atom. The fraction of sp³-hybridized carbons (Fsp3) is 0.820. The molecule has 2 aliphatic rings. The van der Waals surface area contributed by atoms with E-state index in [4.69, 9.17) is 18.9 Å². The lowest BCUT2D eigenvalue weighted by molar-refractivity contribution is -0.359. The van der Waals surface area contributed by atoms with Gasteiger partial charge in [0.1, 0.15) is 48.8 Å². The monoisotopic (exact) mass is 1060 g/mol. The zero-order valence-corrected chi connectivity index (χ0v) is 46.8. The molecule has 0 saturated carbocycles. The number of nitrogens with one attached hydrogen (secondary N) is 1. The second-order valence-corrected chi connectivity index (χ2v) is 21.1. The van der Waals surface area contributed by atoms with Gasteiger partial charge in [0.2, 0.25) is 5.91 Å². The van der Waals surface area contributed by atoms with Crippen molar-refractivity contribution >= 4 is 5.91 Å². The van der Waals surface area contributed by atoms with E-state index in [1.165, 1.54) is 128 Å². The maximum atomic E-state index is 13.2. The zero-order chi connectivity index (χ0) is 54.6. The number of aliphatic hydroxyl groups is 8. The molecule has 9 N–H and O–H groups in total. The molecule has 12 atom stereocenters. The number of carbonyl (C=O) groups excluding carboxylic acids is 1. The summed E-state index contributed by atoms with van der Waals surface area (Å²) in [5.74, 6) is -0.263. The largest absolute Gasteiger partial charge is 0.394 e. The second kappa shape index (κ2) is 46.6. The first-order chi connectivity index (χ1) is 36.6. The summed E-state index contributed by atoms with van der Waals surface area (Å²) in [5.41, 5.74) is 0. The fourth-order valence-corrected chi connectivity index (χ4v) is 9.64. The van der Waals surface area contributed by atoms with Gasteiger partial charge in [-0.15, -0.1) is 0 Å². The van der Waals surface area contributed by atoms with E-state index in [1.807, 2.05) is 6.08 Å². The van der Waals surface area contributed by atoms with Crippen LogP contribution in [0.3, 0.4) is 0 Å². The van der Waals surface area contributed by atoms with E-state index < -0.39 is 86.8 Å². The minimum Gasteiger partial charge on any atom is -0.394 e. The third-order valence-electron chi connectivity index (χ3n) is 14.5. The summed E-state index contributed by atoms with van der Waals surface area (Å²) in [6, 6.07) is -0.931. The van der Waals surface area contributed by atoms with Crippen molar-refractivity contribution in [3.05, 3.63) is 60.8 Å². The highest BCUT2D eigenvalue weighted by Crippen LogP contribution is 2.30. The Labute approximate surface area is 454 Å². The lowest BCUT2D eigenvalue weighted by atomic mass is 9.97. The van der Waals surface area contributed by atoms with Crippen molar-refractivity contribution in [2.45, 2.75) is 299 Å². The maximum Gasteiger partial charge on any atom is 0.220 e.